The molecular weight excluding hydrogens is 651 g/mol. The summed E-state index contributed by atoms with van der Waals surface area (Å²) >= 11 is 0. The molecule has 0 aliphatic carbocycles. The lowest BCUT2D eigenvalue weighted by Crippen LogP contribution is -2.57. The number of rotatable bonds is 43. The summed E-state index contributed by atoms with van der Waals surface area (Å²) in [7, 11) is 5.24. The van der Waals surface area contributed by atoms with Gasteiger partial charge in [0.1, 0.15) is 5.54 Å². The number of hydrogen-bond acceptors (Lipinski definition) is 0. The van der Waals surface area contributed by atoms with E-state index in [-0.39, 0.29) is 5.54 Å². The van der Waals surface area contributed by atoms with Gasteiger partial charge in [-0.25, -0.2) is 0 Å². The van der Waals surface area contributed by atoms with E-state index in [1.54, 1.807) is 5.56 Å². The van der Waals surface area contributed by atoms with E-state index in [0.29, 0.717) is 0 Å². The number of unbranched alkanes of at least 4 members (excludes halogenated alkanes) is 35. The number of nitrogens with zero attached hydrogens (tertiary/aromatic N) is 1. The van der Waals surface area contributed by atoms with Crippen LogP contribution in [0.5, 0.6) is 0 Å². The standard InChI is InChI=1S/C53H102N/c1-6-9-12-15-18-21-24-26-28-30-32-35-38-44-49-53(52-47-42-41-43-48-52,54(4,5)51-46-40-37-34-23-20-17-14-11-8-3)50-45-39-36-33-31-29-27-25-22-19-16-13-10-7-2/h41-43,47-48H,6-40,44-46,49-51H2,1-5H3/q+1. The van der Waals surface area contributed by atoms with Crippen LogP contribution in [0.3, 0.4) is 0 Å². The predicted octanol–water partition coefficient (Wildman–Crippen LogP) is 18.6. The first kappa shape index (κ1) is 51.2. The van der Waals surface area contributed by atoms with Crippen LogP contribution in [0.25, 0.3) is 0 Å². The van der Waals surface area contributed by atoms with Gasteiger partial charge in [0.25, 0.3) is 0 Å². The SMILES string of the molecule is CCCCCCCCCCCCCCCCC(CCCCCCCCCCCCCCCC)(c1ccccc1)[N+](C)(C)CCCCCCCCCCCC. The fourth-order valence-corrected chi connectivity index (χ4v) is 9.55. The van der Waals surface area contributed by atoms with Crippen molar-refractivity contribution in [1.82, 2.24) is 0 Å². The lowest BCUT2D eigenvalue weighted by Gasteiger charge is -2.50. The topological polar surface area (TPSA) is 0 Å². The molecule has 0 amide bonds. The van der Waals surface area contributed by atoms with Gasteiger partial charge in [-0.3, -0.25) is 0 Å². The fraction of sp³-hybridized carbons (Fsp3) is 0.887. The molecule has 0 atom stereocenters. The quantitative estimate of drug-likeness (QED) is 0.0460. The van der Waals surface area contributed by atoms with Crippen LogP contribution in [0.15, 0.2) is 30.3 Å². The maximum absolute atomic E-state index is 2.62. The van der Waals surface area contributed by atoms with Gasteiger partial charge in [0, 0.05) is 18.4 Å². The highest BCUT2D eigenvalue weighted by Gasteiger charge is 2.45. The zero-order valence-corrected chi connectivity index (χ0v) is 38.3. The summed E-state index contributed by atoms with van der Waals surface area (Å²) in [6.45, 7) is 8.29. The molecule has 0 saturated carbocycles. The zero-order chi connectivity index (χ0) is 39.1. The second kappa shape index (κ2) is 37.7. The summed E-state index contributed by atoms with van der Waals surface area (Å²) in [4.78, 5) is 0. The Morgan fingerprint density at radius 2 is 0.556 bits per heavy atom. The summed E-state index contributed by atoms with van der Waals surface area (Å²) in [5.74, 6) is 0. The molecule has 1 aromatic rings. The molecule has 0 bridgehead atoms. The van der Waals surface area contributed by atoms with Crippen molar-refractivity contribution >= 4 is 0 Å². The lowest BCUT2D eigenvalue weighted by molar-refractivity contribution is -0.951. The Balaban J connectivity index is 2.63. The molecule has 0 saturated heterocycles. The Morgan fingerprint density at radius 3 is 0.833 bits per heavy atom. The van der Waals surface area contributed by atoms with Crippen LogP contribution < -0.4 is 0 Å². The van der Waals surface area contributed by atoms with Gasteiger partial charge in [0.15, 0.2) is 0 Å². The molecule has 0 unspecified atom stereocenters. The van der Waals surface area contributed by atoms with Gasteiger partial charge >= 0.3 is 0 Å². The summed E-state index contributed by atoms with van der Waals surface area (Å²) in [5, 5.41) is 0. The van der Waals surface area contributed by atoms with Gasteiger partial charge in [-0.05, 0) is 25.7 Å². The van der Waals surface area contributed by atoms with Crippen LogP contribution >= 0.6 is 0 Å². The minimum Gasteiger partial charge on any atom is -0.320 e. The molecule has 0 aromatic heterocycles. The van der Waals surface area contributed by atoms with E-state index in [0.717, 1.165) is 0 Å². The Morgan fingerprint density at radius 1 is 0.315 bits per heavy atom. The van der Waals surface area contributed by atoms with E-state index in [1.165, 1.54) is 268 Å². The molecule has 0 spiro atoms. The van der Waals surface area contributed by atoms with Gasteiger partial charge in [-0.1, -0.05) is 269 Å². The maximum Gasteiger partial charge on any atom is 0.124 e. The molecule has 1 nitrogen and oxygen atoms in total. The van der Waals surface area contributed by atoms with E-state index < -0.39 is 0 Å². The fourth-order valence-electron chi connectivity index (χ4n) is 9.55. The largest absolute Gasteiger partial charge is 0.320 e. The number of benzene rings is 1. The third kappa shape index (κ3) is 26.9. The minimum atomic E-state index is 0.245. The molecule has 1 rings (SSSR count). The van der Waals surface area contributed by atoms with E-state index in [9.17, 15) is 0 Å². The predicted molar refractivity (Wildman–Crippen MR) is 247 cm³/mol. The second-order valence-corrected chi connectivity index (χ2v) is 18.7. The molecule has 318 valence electrons. The van der Waals surface area contributed by atoms with Crippen molar-refractivity contribution in [3.05, 3.63) is 35.9 Å². The van der Waals surface area contributed by atoms with E-state index in [2.05, 4.69) is 65.2 Å². The maximum atomic E-state index is 2.62. The molecule has 0 N–H and O–H groups in total. The molecule has 0 aliphatic rings. The minimum absolute atomic E-state index is 0.245. The Labute approximate surface area is 343 Å². The van der Waals surface area contributed by atoms with Crippen LogP contribution in [0, 0.1) is 0 Å². The highest BCUT2D eigenvalue weighted by atomic mass is 15.4. The van der Waals surface area contributed by atoms with Crippen molar-refractivity contribution in [2.24, 2.45) is 0 Å². The van der Waals surface area contributed by atoms with Crippen molar-refractivity contribution in [3.8, 4) is 0 Å². The normalized spacial score (nSPS) is 12.2. The molecule has 0 fully saturated rings. The summed E-state index contributed by atoms with van der Waals surface area (Å²) in [5.41, 5.74) is 1.88. The van der Waals surface area contributed by atoms with E-state index >= 15 is 0 Å². The number of hydrogen-bond donors (Lipinski definition) is 0. The summed E-state index contributed by atoms with van der Waals surface area (Å²) in [6.07, 6.45) is 57.4. The molecule has 1 aromatic carbocycles. The monoisotopic (exact) mass is 753 g/mol. The lowest BCUT2D eigenvalue weighted by atomic mass is 9.77. The van der Waals surface area contributed by atoms with E-state index in [1.807, 2.05) is 0 Å². The van der Waals surface area contributed by atoms with Crippen LogP contribution in [0.1, 0.15) is 283 Å². The Kier molecular flexibility index (Phi) is 35.8. The van der Waals surface area contributed by atoms with Gasteiger partial charge in [-0.2, -0.15) is 0 Å². The highest BCUT2D eigenvalue weighted by Crippen LogP contribution is 2.43. The Bertz CT molecular complexity index is 825. The van der Waals surface area contributed by atoms with Gasteiger partial charge in [-0.15, -0.1) is 0 Å². The summed E-state index contributed by atoms with van der Waals surface area (Å²) in [6, 6.07) is 11.9. The van der Waals surface area contributed by atoms with Crippen molar-refractivity contribution in [2.75, 3.05) is 20.6 Å². The van der Waals surface area contributed by atoms with Gasteiger partial charge in [0.2, 0.25) is 0 Å². The second-order valence-electron chi connectivity index (χ2n) is 18.7. The average Bonchev–Trinajstić information content (AvgIpc) is 3.18. The van der Waals surface area contributed by atoms with Crippen LogP contribution in [-0.4, -0.2) is 25.1 Å². The first-order chi connectivity index (χ1) is 26.5. The van der Waals surface area contributed by atoms with Crippen molar-refractivity contribution in [2.45, 2.75) is 283 Å². The first-order valence-corrected chi connectivity index (χ1v) is 25.4. The molecule has 54 heavy (non-hydrogen) atoms. The third-order valence-electron chi connectivity index (χ3n) is 13.4. The third-order valence-corrected chi connectivity index (χ3v) is 13.4. The van der Waals surface area contributed by atoms with Crippen molar-refractivity contribution in [3.63, 3.8) is 0 Å². The van der Waals surface area contributed by atoms with E-state index in [4.69, 9.17) is 0 Å². The molecule has 0 heterocycles. The van der Waals surface area contributed by atoms with Gasteiger partial charge in [0.05, 0.1) is 20.6 Å². The molecule has 1 heteroatoms. The Hall–Kier alpha value is -0.820. The molecular formula is C53H102N+. The smallest absolute Gasteiger partial charge is 0.124 e. The highest BCUT2D eigenvalue weighted by molar-refractivity contribution is 5.22. The number of quaternary nitrogens is 1. The van der Waals surface area contributed by atoms with Crippen molar-refractivity contribution in [1.29, 1.82) is 0 Å². The first-order valence-electron chi connectivity index (χ1n) is 25.4. The zero-order valence-electron chi connectivity index (χ0n) is 38.3. The van der Waals surface area contributed by atoms with Gasteiger partial charge < -0.3 is 4.48 Å². The molecule has 0 aliphatic heterocycles. The summed E-state index contributed by atoms with van der Waals surface area (Å²) < 4.78 is 1.17. The average molecular weight is 753 g/mol. The van der Waals surface area contributed by atoms with Crippen LogP contribution in [0.2, 0.25) is 0 Å². The van der Waals surface area contributed by atoms with Crippen LogP contribution in [0.4, 0.5) is 0 Å². The van der Waals surface area contributed by atoms with Crippen molar-refractivity contribution < 1.29 is 4.48 Å². The molecule has 0 radical (unpaired) electrons. The van der Waals surface area contributed by atoms with Crippen LogP contribution in [-0.2, 0) is 5.54 Å².